The van der Waals surface area contributed by atoms with Crippen LogP contribution in [0.15, 0.2) is 24.3 Å². The van der Waals surface area contributed by atoms with Gasteiger partial charge in [0.15, 0.2) is 0 Å². The number of piperidine rings is 1. The first-order chi connectivity index (χ1) is 11.6. The molecule has 1 unspecified atom stereocenters. The Morgan fingerprint density at radius 1 is 1.04 bits per heavy atom. The lowest BCUT2D eigenvalue weighted by Crippen LogP contribution is -2.51. The molecule has 0 spiro atoms. The van der Waals surface area contributed by atoms with Crippen molar-refractivity contribution in [1.29, 1.82) is 0 Å². The molecule has 2 heterocycles. The average molecular weight is 331 g/mol. The second-order valence-electron chi connectivity index (χ2n) is 7.21. The zero-order chi connectivity index (χ0) is 16.9. The highest BCUT2D eigenvalue weighted by Gasteiger charge is 2.24. The van der Waals surface area contributed by atoms with Gasteiger partial charge < -0.3 is 10.0 Å². The number of hydrogen-bond donors (Lipinski definition) is 1. The highest BCUT2D eigenvalue weighted by Crippen LogP contribution is 2.17. The van der Waals surface area contributed by atoms with Crippen LogP contribution >= 0.6 is 0 Å². The molecule has 5 nitrogen and oxygen atoms in total. The van der Waals surface area contributed by atoms with Crippen molar-refractivity contribution in [1.82, 2.24) is 14.7 Å². The van der Waals surface area contributed by atoms with E-state index in [0.29, 0.717) is 5.56 Å². The number of aromatic carboxylic acids is 1. The summed E-state index contributed by atoms with van der Waals surface area (Å²) in [6.07, 6.45) is 4.06. The molecule has 0 aromatic heterocycles. The van der Waals surface area contributed by atoms with E-state index >= 15 is 0 Å². The van der Waals surface area contributed by atoms with Crippen LogP contribution in [0.3, 0.4) is 0 Å². The van der Waals surface area contributed by atoms with E-state index in [0.717, 1.165) is 38.8 Å². The highest BCUT2D eigenvalue weighted by molar-refractivity contribution is 5.87. The molecular weight excluding hydrogens is 302 g/mol. The van der Waals surface area contributed by atoms with Crippen LogP contribution in [0.4, 0.5) is 0 Å². The number of likely N-dealkylation sites (tertiary alicyclic amines) is 1. The molecule has 1 N–H and O–H groups in total. The summed E-state index contributed by atoms with van der Waals surface area (Å²) < 4.78 is 0. The molecule has 24 heavy (non-hydrogen) atoms. The Labute approximate surface area is 144 Å². The van der Waals surface area contributed by atoms with E-state index in [-0.39, 0.29) is 0 Å². The fourth-order valence-electron chi connectivity index (χ4n) is 3.81. The van der Waals surface area contributed by atoms with Crippen LogP contribution in [0.25, 0.3) is 0 Å². The second kappa shape index (κ2) is 8.10. The van der Waals surface area contributed by atoms with Crippen molar-refractivity contribution in [3.8, 4) is 0 Å². The lowest BCUT2D eigenvalue weighted by molar-refractivity contribution is 0.0696. The molecule has 3 rings (SSSR count). The smallest absolute Gasteiger partial charge is 0.335 e. The number of carboxylic acid groups (broad SMARTS) is 1. The number of carbonyl (C=O) groups is 1. The van der Waals surface area contributed by atoms with Crippen LogP contribution in [-0.4, -0.2) is 78.1 Å². The minimum absolute atomic E-state index is 0.361. The molecule has 0 bridgehead atoms. The van der Waals surface area contributed by atoms with Gasteiger partial charge in [-0.2, -0.15) is 0 Å². The molecule has 0 radical (unpaired) electrons. The van der Waals surface area contributed by atoms with Gasteiger partial charge in [0.1, 0.15) is 0 Å². The number of hydrogen-bond acceptors (Lipinski definition) is 4. The average Bonchev–Trinajstić information content (AvgIpc) is 2.59. The van der Waals surface area contributed by atoms with Crippen molar-refractivity contribution in [2.75, 3.05) is 46.3 Å². The Morgan fingerprint density at radius 3 is 2.33 bits per heavy atom. The molecule has 2 saturated heterocycles. The Bertz CT molecular complexity index is 538. The number of rotatable bonds is 5. The Kier molecular flexibility index (Phi) is 5.87. The SMILES string of the molecule is CN1CCCCC1CN1CCN(Cc2ccc(C(=O)O)cc2)CC1. The summed E-state index contributed by atoms with van der Waals surface area (Å²) in [5.41, 5.74) is 1.56. The molecular formula is C19H29N3O2. The third-order valence-electron chi connectivity index (χ3n) is 5.46. The first-order valence-electron chi connectivity index (χ1n) is 9.09. The van der Waals surface area contributed by atoms with Gasteiger partial charge in [0.2, 0.25) is 0 Å². The fourth-order valence-corrected chi connectivity index (χ4v) is 3.81. The van der Waals surface area contributed by atoms with Crippen LogP contribution in [0, 0.1) is 0 Å². The standard InChI is InChI=1S/C19H29N3O2/c1-20-9-3-2-4-18(20)15-22-12-10-21(11-13-22)14-16-5-7-17(8-6-16)19(23)24/h5-8,18H,2-4,9-15H2,1H3,(H,23,24). The minimum Gasteiger partial charge on any atom is -0.478 e. The van der Waals surface area contributed by atoms with Crippen molar-refractivity contribution >= 4 is 5.97 Å². The van der Waals surface area contributed by atoms with Gasteiger partial charge in [-0.05, 0) is 44.1 Å². The van der Waals surface area contributed by atoms with Gasteiger partial charge in [-0.3, -0.25) is 9.80 Å². The third-order valence-corrected chi connectivity index (χ3v) is 5.46. The van der Waals surface area contributed by atoms with Crippen LogP contribution in [-0.2, 0) is 6.54 Å². The number of carboxylic acids is 1. The van der Waals surface area contributed by atoms with E-state index in [1.807, 2.05) is 12.1 Å². The zero-order valence-electron chi connectivity index (χ0n) is 14.7. The summed E-state index contributed by atoms with van der Waals surface area (Å²) in [7, 11) is 2.26. The second-order valence-corrected chi connectivity index (χ2v) is 7.21. The maximum absolute atomic E-state index is 10.9. The van der Waals surface area contributed by atoms with Gasteiger partial charge in [0.05, 0.1) is 5.56 Å². The molecule has 2 aliphatic heterocycles. The predicted octanol–water partition coefficient (Wildman–Crippen LogP) is 1.99. The van der Waals surface area contributed by atoms with Gasteiger partial charge in [-0.25, -0.2) is 4.79 Å². The fraction of sp³-hybridized carbons (Fsp3) is 0.632. The van der Waals surface area contributed by atoms with Crippen LogP contribution in [0.5, 0.6) is 0 Å². The highest BCUT2D eigenvalue weighted by atomic mass is 16.4. The summed E-state index contributed by atoms with van der Waals surface area (Å²) in [6, 6.07) is 8.01. The van der Waals surface area contributed by atoms with Gasteiger partial charge in [-0.1, -0.05) is 18.6 Å². The maximum Gasteiger partial charge on any atom is 0.335 e. The molecule has 0 amide bonds. The number of benzene rings is 1. The molecule has 5 heteroatoms. The lowest BCUT2D eigenvalue weighted by atomic mass is 10.0. The molecule has 2 aliphatic rings. The molecule has 0 saturated carbocycles. The molecule has 132 valence electrons. The summed E-state index contributed by atoms with van der Waals surface area (Å²) in [4.78, 5) is 18.5. The van der Waals surface area contributed by atoms with Gasteiger partial charge in [-0.15, -0.1) is 0 Å². The van der Waals surface area contributed by atoms with Crippen LogP contribution in [0.2, 0.25) is 0 Å². The minimum atomic E-state index is -0.858. The third kappa shape index (κ3) is 4.56. The van der Waals surface area contributed by atoms with Crippen molar-refractivity contribution in [3.05, 3.63) is 35.4 Å². The largest absolute Gasteiger partial charge is 0.478 e. The van der Waals surface area contributed by atoms with E-state index in [1.54, 1.807) is 12.1 Å². The van der Waals surface area contributed by atoms with Crippen molar-refractivity contribution in [3.63, 3.8) is 0 Å². The van der Waals surface area contributed by atoms with E-state index in [1.165, 1.54) is 37.9 Å². The monoisotopic (exact) mass is 331 g/mol. The van der Waals surface area contributed by atoms with Crippen molar-refractivity contribution in [2.45, 2.75) is 31.8 Å². The quantitative estimate of drug-likeness (QED) is 0.894. The predicted molar refractivity (Wildman–Crippen MR) is 95.4 cm³/mol. The Morgan fingerprint density at radius 2 is 1.71 bits per heavy atom. The van der Waals surface area contributed by atoms with Gasteiger partial charge >= 0.3 is 5.97 Å². The number of likely N-dealkylation sites (N-methyl/N-ethyl adjacent to an activating group) is 1. The lowest BCUT2D eigenvalue weighted by Gasteiger charge is -2.40. The molecule has 0 aliphatic carbocycles. The first-order valence-corrected chi connectivity index (χ1v) is 9.09. The molecule has 1 atom stereocenters. The summed E-state index contributed by atoms with van der Waals surface area (Å²) >= 11 is 0. The zero-order valence-corrected chi connectivity index (χ0v) is 14.7. The van der Waals surface area contributed by atoms with Crippen molar-refractivity contribution in [2.24, 2.45) is 0 Å². The van der Waals surface area contributed by atoms with Crippen molar-refractivity contribution < 1.29 is 9.90 Å². The van der Waals surface area contributed by atoms with E-state index < -0.39 is 5.97 Å². The van der Waals surface area contributed by atoms with Crippen LogP contribution < -0.4 is 0 Å². The first kappa shape index (κ1) is 17.4. The summed E-state index contributed by atoms with van der Waals surface area (Å²) in [5.74, 6) is -0.858. The van der Waals surface area contributed by atoms with Crippen LogP contribution in [0.1, 0.15) is 35.2 Å². The van der Waals surface area contributed by atoms with E-state index in [4.69, 9.17) is 5.11 Å². The number of nitrogens with zero attached hydrogens (tertiary/aromatic N) is 3. The molecule has 2 fully saturated rings. The van der Waals surface area contributed by atoms with E-state index in [2.05, 4.69) is 21.7 Å². The molecule has 1 aromatic rings. The number of piperazine rings is 1. The molecule has 1 aromatic carbocycles. The van der Waals surface area contributed by atoms with Gasteiger partial charge in [0.25, 0.3) is 0 Å². The Balaban J connectivity index is 1.44. The topological polar surface area (TPSA) is 47.0 Å². The maximum atomic E-state index is 10.9. The summed E-state index contributed by atoms with van der Waals surface area (Å²) in [5, 5.41) is 8.96. The van der Waals surface area contributed by atoms with E-state index in [9.17, 15) is 4.79 Å². The normalized spacial score (nSPS) is 24.1. The Hall–Kier alpha value is -1.43. The summed E-state index contributed by atoms with van der Waals surface area (Å²) in [6.45, 7) is 7.83. The van der Waals surface area contributed by atoms with Gasteiger partial charge in [0, 0.05) is 45.3 Å².